The number of H-pyrrole nitrogens is 1. The van der Waals surface area contributed by atoms with Crippen molar-refractivity contribution in [3.63, 3.8) is 0 Å². The molecular formula is C29H23F2N5O5. The topological polar surface area (TPSA) is 144 Å². The standard InChI is InChI=1S/C29H23F2N5O5/c30-17-12-22(35(13-17)25(38)14-36-21-7-2-1-5-19(21)27(34-36)28(32)39)23(37)11-16-4-3-6-18(26(16)31)15-8-9-24-20(10-15)33-29(40)41-24/h1-10,17,22H,11-14H2,(H2,32,39)(H,33,40)/t17-,22+/m1/s1. The number of amides is 2. The number of nitrogens with one attached hydrogen (secondary N) is 1. The van der Waals surface area contributed by atoms with Crippen LogP contribution in [-0.4, -0.2) is 56.0 Å². The van der Waals surface area contributed by atoms with E-state index in [2.05, 4.69) is 10.1 Å². The van der Waals surface area contributed by atoms with Gasteiger partial charge >= 0.3 is 5.76 Å². The molecular weight excluding hydrogens is 536 g/mol. The number of carbonyl (C=O) groups excluding carboxylic acids is 3. The summed E-state index contributed by atoms with van der Waals surface area (Å²) in [6, 6.07) is 14.9. The lowest BCUT2D eigenvalue weighted by Crippen LogP contribution is -2.43. The Labute approximate surface area is 230 Å². The van der Waals surface area contributed by atoms with E-state index in [1.807, 2.05) is 0 Å². The molecule has 3 aromatic carbocycles. The predicted molar refractivity (Wildman–Crippen MR) is 144 cm³/mol. The molecule has 2 aromatic heterocycles. The van der Waals surface area contributed by atoms with Gasteiger partial charge in [0.2, 0.25) is 5.91 Å². The van der Waals surface area contributed by atoms with Crippen LogP contribution in [0.5, 0.6) is 0 Å². The zero-order valence-corrected chi connectivity index (χ0v) is 21.5. The minimum Gasteiger partial charge on any atom is -0.408 e. The molecule has 1 aliphatic heterocycles. The molecule has 1 fully saturated rings. The van der Waals surface area contributed by atoms with Crippen LogP contribution in [-0.2, 0) is 22.6 Å². The van der Waals surface area contributed by atoms with Crippen molar-refractivity contribution in [3.05, 3.63) is 88.3 Å². The molecule has 3 heterocycles. The number of para-hydroxylation sites is 1. The Morgan fingerprint density at radius 3 is 2.71 bits per heavy atom. The molecule has 41 heavy (non-hydrogen) atoms. The van der Waals surface area contributed by atoms with E-state index in [0.717, 1.165) is 4.90 Å². The fourth-order valence-electron chi connectivity index (χ4n) is 5.38. The summed E-state index contributed by atoms with van der Waals surface area (Å²) in [7, 11) is 0. The minimum atomic E-state index is -1.43. The van der Waals surface area contributed by atoms with Crippen LogP contribution in [0.1, 0.15) is 22.5 Å². The van der Waals surface area contributed by atoms with E-state index in [4.69, 9.17) is 10.2 Å². The molecule has 0 unspecified atom stereocenters. The Morgan fingerprint density at radius 1 is 1.10 bits per heavy atom. The average Bonchev–Trinajstić information content (AvgIpc) is 3.63. The quantitative estimate of drug-likeness (QED) is 0.314. The summed E-state index contributed by atoms with van der Waals surface area (Å²) in [5.74, 6) is -3.10. The number of hydrogen-bond donors (Lipinski definition) is 2. The van der Waals surface area contributed by atoms with Crippen LogP contribution in [0.4, 0.5) is 8.78 Å². The minimum absolute atomic E-state index is 0.000508. The first-order chi connectivity index (χ1) is 19.7. The highest BCUT2D eigenvalue weighted by Crippen LogP contribution is 2.29. The van der Waals surface area contributed by atoms with E-state index in [1.54, 1.807) is 54.6 Å². The number of halogens is 2. The number of oxazole rings is 1. The zero-order chi connectivity index (χ0) is 28.8. The number of hydrogen-bond acceptors (Lipinski definition) is 6. The largest absolute Gasteiger partial charge is 0.417 e. The van der Waals surface area contributed by atoms with Gasteiger partial charge in [0, 0.05) is 23.8 Å². The number of ketones is 1. The third-order valence-corrected chi connectivity index (χ3v) is 7.29. The molecule has 2 amide bonds. The van der Waals surface area contributed by atoms with Crippen LogP contribution in [0.3, 0.4) is 0 Å². The van der Waals surface area contributed by atoms with Gasteiger partial charge in [0.1, 0.15) is 18.5 Å². The number of carbonyl (C=O) groups is 3. The number of aromatic amines is 1. The summed E-state index contributed by atoms with van der Waals surface area (Å²) in [6.45, 7) is -0.630. The Bertz CT molecular complexity index is 1910. The van der Waals surface area contributed by atoms with Crippen molar-refractivity contribution < 1.29 is 27.6 Å². The van der Waals surface area contributed by atoms with Crippen molar-refractivity contribution in [2.75, 3.05) is 6.54 Å². The van der Waals surface area contributed by atoms with E-state index >= 15 is 4.39 Å². The van der Waals surface area contributed by atoms with Crippen molar-refractivity contribution in [2.24, 2.45) is 5.73 Å². The number of Topliss-reactive ketones (excluding diaryl/α,β-unsaturated/α-hetero) is 1. The molecule has 208 valence electrons. The molecule has 0 aliphatic carbocycles. The highest BCUT2D eigenvalue weighted by atomic mass is 19.1. The fourth-order valence-corrected chi connectivity index (χ4v) is 5.38. The van der Waals surface area contributed by atoms with Crippen LogP contribution in [0.25, 0.3) is 33.1 Å². The van der Waals surface area contributed by atoms with Crippen LogP contribution in [0.15, 0.2) is 69.9 Å². The summed E-state index contributed by atoms with van der Waals surface area (Å²) < 4.78 is 36.4. The first-order valence-electron chi connectivity index (χ1n) is 12.8. The highest BCUT2D eigenvalue weighted by Gasteiger charge is 2.40. The van der Waals surface area contributed by atoms with Gasteiger partial charge in [-0.25, -0.2) is 13.6 Å². The van der Waals surface area contributed by atoms with Gasteiger partial charge in [-0.05, 0) is 29.3 Å². The van der Waals surface area contributed by atoms with Gasteiger partial charge in [0.15, 0.2) is 17.1 Å². The van der Waals surface area contributed by atoms with E-state index < -0.39 is 41.4 Å². The van der Waals surface area contributed by atoms with Gasteiger partial charge in [-0.3, -0.25) is 24.0 Å². The third kappa shape index (κ3) is 4.77. The smallest absolute Gasteiger partial charge is 0.408 e. The van der Waals surface area contributed by atoms with E-state index in [0.29, 0.717) is 27.6 Å². The maximum Gasteiger partial charge on any atom is 0.417 e. The predicted octanol–water partition coefficient (Wildman–Crippen LogP) is 3.13. The average molecular weight is 560 g/mol. The van der Waals surface area contributed by atoms with Crippen molar-refractivity contribution in [3.8, 4) is 11.1 Å². The second-order valence-corrected chi connectivity index (χ2v) is 9.93. The monoisotopic (exact) mass is 559 g/mol. The Kier molecular flexibility index (Phi) is 6.45. The van der Waals surface area contributed by atoms with Crippen molar-refractivity contribution in [2.45, 2.75) is 31.6 Å². The Balaban J connectivity index is 1.23. The second-order valence-electron chi connectivity index (χ2n) is 9.93. The number of aromatic nitrogens is 3. The maximum absolute atomic E-state index is 15.6. The molecule has 5 aromatic rings. The van der Waals surface area contributed by atoms with Crippen LogP contribution >= 0.6 is 0 Å². The molecule has 10 nitrogen and oxygen atoms in total. The number of rotatable bonds is 7. The number of nitrogens with zero attached hydrogens (tertiary/aromatic N) is 3. The lowest BCUT2D eigenvalue weighted by Gasteiger charge is -2.23. The van der Waals surface area contributed by atoms with Crippen LogP contribution in [0.2, 0.25) is 0 Å². The zero-order valence-electron chi connectivity index (χ0n) is 21.5. The first-order valence-corrected chi connectivity index (χ1v) is 12.8. The first kappa shape index (κ1) is 26.1. The van der Waals surface area contributed by atoms with Crippen molar-refractivity contribution in [1.29, 1.82) is 0 Å². The number of primary amides is 1. The lowest BCUT2D eigenvalue weighted by molar-refractivity contribution is -0.138. The van der Waals surface area contributed by atoms with Crippen molar-refractivity contribution in [1.82, 2.24) is 19.7 Å². The molecule has 1 aliphatic rings. The number of fused-ring (bicyclic) bond motifs is 2. The Morgan fingerprint density at radius 2 is 1.90 bits per heavy atom. The van der Waals surface area contributed by atoms with Gasteiger partial charge in [0.25, 0.3) is 5.91 Å². The van der Waals surface area contributed by atoms with Gasteiger partial charge in [-0.15, -0.1) is 0 Å². The molecule has 0 radical (unpaired) electrons. The summed E-state index contributed by atoms with van der Waals surface area (Å²) in [4.78, 5) is 53.6. The van der Waals surface area contributed by atoms with Crippen molar-refractivity contribution >= 4 is 39.6 Å². The molecule has 12 heteroatoms. The summed E-state index contributed by atoms with van der Waals surface area (Å²) in [6.07, 6.45) is -1.99. The van der Waals surface area contributed by atoms with E-state index in [9.17, 15) is 23.6 Å². The number of nitrogens with two attached hydrogens (primary N) is 1. The molecule has 2 atom stereocenters. The Hall–Kier alpha value is -5.13. The molecule has 0 saturated carbocycles. The van der Waals surface area contributed by atoms with Gasteiger partial charge in [-0.1, -0.05) is 42.5 Å². The summed E-state index contributed by atoms with van der Waals surface area (Å²) >= 11 is 0. The van der Waals surface area contributed by atoms with Crippen LogP contribution < -0.4 is 11.5 Å². The molecule has 0 spiro atoms. The molecule has 0 bridgehead atoms. The second kappa shape index (κ2) is 10.1. The van der Waals surface area contributed by atoms with Gasteiger partial charge < -0.3 is 15.1 Å². The van der Waals surface area contributed by atoms with Gasteiger partial charge in [0.05, 0.1) is 23.6 Å². The number of alkyl halides is 1. The summed E-state index contributed by atoms with van der Waals surface area (Å²) in [5.41, 5.74) is 7.40. The van der Waals surface area contributed by atoms with E-state index in [-0.39, 0.29) is 42.8 Å². The molecule has 1 saturated heterocycles. The number of likely N-dealkylation sites (tertiary alicyclic amines) is 1. The highest BCUT2D eigenvalue weighted by molar-refractivity contribution is 6.04. The summed E-state index contributed by atoms with van der Waals surface area (Å²) in [5, 5.41) is 4.64. The normalized spacial score (nSPS) is 17.0. The van der Waals surface area contributed by atoms with Gasteiger partial charge in [-0.2, -0.15) is 5.10 Å². The lowest BCUT2D eigenvalue weighted by atomic mass is 9.96. The third-order valence-electron chi connectivity index (χ3n) is 7.29. The maximum atomic E-state index is 15.6. The molecule has 6 rings (SSSR count). The molecule has 3 N–H and O–H groups in total. The fraction of sp³-hybridized carbons (Fsp3) is 0.207. The van der Waals surface area contributed by atoms with E-state index in [1.165, 1.54) is 10.7 Å². The number of benzene rings is 3. The SMILES string of the molecule is NC(=O)c1nn(CC(=O)N2C[C@H](F)C[C@H]2C(=O)Cc2cccc(-c3ccc4oc(=O)[nH]c4c3)c2F)c2ccccc12. The van der Waals surface area contributed by atoms with Crippen LogP contribution in [0, 0.1) is 5.82 Å².